The normalized spacial score (nSPS) is 15.7. The number of nitro groups is 1. The van der Waals surface area contributed by atoms with E-state index >= 15 is 0 Å². The summed E-state index contributed by atoms with van der Waals surface area (Å²) in [6.45, 7) is 1.29. The molecule has 1 aromatic carbocycles. The molecule has 0 atom stereocenters. The van der Waals surface area contributed by atoms with Gasteiger partial charge in [0.25, 0.3) is 0 Å². The van der Waals surface area contributed by atoms with Crippen molar-refractivity contribution in [2.75, 3.05) is 0 Å². The van der Waals surface area contributed by atoms with Crippen LogP contribution in [0.1, 0.15) is 18.4 Å². The first-order valence-electron chi connectivity index (χ1n) is 5.28. The van der Waals surface area contributed by atoms with E-state index in [1.54, 1.807) is 0 Å². The van der Waals surface area contributed by atoms with Crippen molar-refractivity contribution in [1.29, 1.82) is 0 Å². The molecule has 0 aliphatic heterocycles. The fraction of sp³-hybridized carbons (Fsp3) is 0.400. The number of nitrogens with zero attached hydrogens (tertiary/aromatic N) is 1. The molecule has 0 heterocycles. The van der Waals surface area contributed by atoms with Gasteiger partial charge in [0, 0.05) is 12.1 Å². The lowest BCUT2D eigenvalue weighted by Gasteiger charge is -2.07. The van der Waals surface area contributed by atoms with Crippen molar-refractivity contribution in [2.45, 2.75) is 30.7 Å². The Kier molecular flexibility index (Phi) is 3.07. The maximum absolute atomic E-state index is 13.4. The van der Waals surface area contributed by atoms with Crippen LogP contribution in [0, 0.1) is 22.9 Å². The second-order valence-corrected chi connectivity index (χ2v) is 5.94. The van der Waals surface area contributed by atoms with Crippen molar-refractivity contribution in [2.24, 2.45) is 0 Å². The first kappa shape index (κ1) is 12.9. The number of hydrogen-bond acceptors (Lipinski definition) is 4. The van der Waals surface area contributed by atoms with Gasteiger partial charge in [0.05, 0.1) is 9.82 Å². The molecule has 8 heteroatoms. The van der Waals surface area contributed by atoms with Crippen LogP contribution >= 0.6 is 0 Å². The van der Waals surface area contributed by atoms with Crippen LogP contribution in [-0.4, -0.2) is 19.4 Å². The quantitative estimate of drug-likeness (QED) is 0.665. The fourth-order valence-corrected chi connectivity index (χ4v) is 2.90. The van der Waals surface area contributed by atoms with Crippen LogP contribution < -0.4 is 4.72 Å². The summed E-state index contributed by atoms with van der Waals surface area (Å²) in [6, 6.07) is 1.72. The van der Waals surface area contributed by atoms with Gasteiger partial charge < -0.3 is 0 Å². The van der Waals surface area contributed by atoms with E-state index in [0.717, 1.165) is 25.0 Å². The summed E-state index contributed by atoms with van der Waals surface area (Å²) >= 11 is 0. The van der Waals surface area contributed by atoms with E-state index in [1.807, 2.05) is 0 Å². The van der Waals surface area contributed by atoms with Gasteiger partial charge in [-0.15, -0.1) is 0 Å². The lowest BCUT2D eigenvalue weighted by atomic mass is 10.2. The average Bonchev–Trinajstić information content (AvgIpc) is 3.04. The summed E-state index contributed by atoms with van der Waals surface area (Å²) in [5.41, 5.74) is -0.897. The molecular weight excluding hydrogens is 263 g/mol. The minimum Gasteiger partial charge on any atom is -0.258 e. The van der Waals surface area contributed by atoms with Crippen LogP contribution in [0.5, 0.6) is 0 Å². The minimum atomic E-state index is -3.81. The standard InChI is InChI=1S/C10H11FN2O4S/c1-6-4-8(5-9(10(6)11)13(14)15)18(16,17)12-7-2-3-7/h4-5,7,12H,2-3H2,1H3. The van der Waals surface area contributed by atoms with Crippen molar-refractivity contribution in [3.05, 3.63) is 33.6 Å². The molecule has 6 nitrogen and oxygen atoms in total. The maximum atomic E-state index is 13.4. The Balaban J connectivity index is 2.48. The smallest absolute Gasteiger partial charge is 0.258 e. The molecule has 98 valence electrons. The molecule has 1 aromatic rings. The molecule has 0 bridgehead atoms. The van der Waals surface area contributed by atoms with Crippen LogP contribution in [0.25, 0.3) is 0 Å². The lowest BCUT2D eigenvalue weighted by Crippen LogP contribution is -2.26. The highest BCUT2D eigenvalue weighted by Gasteiger charge is 2.30. The highest BCUT2D eigenvalue weighted by atomic mass is 32.2. The summed E-state index contributed by atoms with van der Waals surface area (Å²) in [6.07, 6.45) is 1.50. The van der Waals surface area contributed by atoms with Crippen LogP contribution in [0.15, 0.2) is 17.0 Å². The van der Waals surface area contributed by atoms with E-state index in [4.69, 9.17) is 0 Å². The van der Waals surface area contributed by atoms with E-state index in [2.05, 4.69) is 4.72 Å². The maximum Gasteiger partial charge on any atom is 0.306 e. The summed E-state index contributed by atoms with van der Waals surface area (Å²) in [5.74, 6) is -1.01. The van der Waals surface area contributed by atoms with Gasteiger partial charge in [0.15, 0.2) is 0 Å². The average molecular weight is 274 g/mol. The Hall–Kier alpha value is -1.54. The third-order valence-electron chi connectivity index (χ3n) is 2.62. The third kappa shape index (κ3) is 2.49. The molecular formula is C10H11FN2O4S. The fourth-order valence-electron chi connectivity index (χ4n) is 1.50. The molecule has 1 saturated carbocycles. The summed E-state index contributed by atoms with van der Waals surface area (Å²) in [7, 11) is -3.81. The molecule has 0 radical (unpaired) electrons. The first-order valence-corrected chi connectivity index (χ1v) is 6.76. The van der Waals surface area contributed by atoms with Gasteiger partial charge in [-0.1, -0.05) is 0 Å². The topological polar surface area (TPSA) is 89.3 Å². The number of nitrogens with one attached hydrogen (secondary N) is 1. The summed E-state index contributed by atoms with van der Waals surface area (Å²) in [5, 5.41) is 10.6. The van der Waals surface area contributed by atoms with E-state index in [0.29, 0.717) is 0 Å². The zero-order valence-electron chi connectivity index (χ0n) is 9.51. The second-order valence-electron chi connectivity index (χ2n) is 4.23. The van der Waals surface area contributed by atoms with Crippen LogP contribution in [0.3, 0.4) is 0 Å². The number of nitro benzene ring substituents is 1. The monoisotopic (exact) mass is 274 g/mol. The Morgan fingerprint density at radius 1 is 1.44 bits per heavy atom. The van der Waals surface area contributed by atoms with Gasteiger partial charge in [-0.2, -0.15) is 4.39 Å². The Morgan fingerprint density at radius 3 is 2.56 bits per heavy atom. The van der Waals surface area contributed by atoms with Crippen molar-refractivity contribution >= 4 is 15.7 Å². The second kappa shape index (κ2) is 4.29. The molecule has 0 saturated heterocycles. The Bertz CT molecular complexity index is 611. The molecule has 0 spiro atoms. The first-order chi connectivity index (χ1) is 8.31. The van der Waals surface area contributed by atoms with E-state index in [-0.39, 0.29) is 16.5 Å². The van der Waals surface area contributed by atoms with E-state index in [9.17, 15) is 22.9 Å². The number of sulfonamides is 1. The van der Waals surface area contributed by atoms with E-state index < -0.39 is 26.5 Å². The Labute approximate surface area is 103 Å². The van der Waals surface area contributed by atoms with E-state index in [1.165, 1.54) is 6.92 Å². The number of aryl methyl sites for hydroxylation is 1. The molecule has 18 heavy (non-hydrogen) atoms. The predicted octanol–water partition coefficient (Wildman–Crippen LogP) is 1.48. The largest absolute Gasteiger partial charge is 0.306 e. The van der Waals surface area contributed by atoms with Crippen LogP contribution in [0.2, 0.25) is 0 Å². The molecule has 1 N–H and O–H groups in total. The van der Waals surface area contributed by atoms with Gasteiger partial charge in [-0.3, -0.25) is 10.1 Å². The highest BCUT2D eigenvalue weighted by molar-refractivity contribution is 7.89. The zero-order valence-corrected chi connectivity index (χ0v) is 10.3. The van der Waals surface area contributed by atoms with Gasteiger partial charge in [-0.25, -0.2) is 13.1 Å². The third-order valence-corrected chi connectivity index (χ3v) is 4.11. The molecule has 0 aromatic heterocycles. The molecule has 0 amide bonds. The minimum absolute atomic E-state index is 0.0691. The van der Waals surface area contributed by atoms with Gasteiger partial charge in [0.1, 0.15) is 0 Å². The molecule has 1 aliphatic carbocycles. The number of rotatable bonds is 4. The van der Waals surface area contributed by atoms with Crippen molar-refractivity contribution in [1.82, 2.24) is 4.72 Å². The lowest BCUT2D eigenvalue weighted by molar-refractivity contribution is -0.387. The number of halogens is 1. The zero-order chi connectivity index (χ0) is 13.5. The summed E-state index contributed by atoms with van der Waals surface area (Å²) < 4.78 is 39.6. The molecule has 1 aliphatic rings. The predicted molar refractivity (Wildman–Crippen MR) is 61.1 cm³/mol. The van der Waals surface area contributed by atoms with Crippen LogP contribution in [0.4, 0.5) is 10.1 Å². The molecule has 1 fully saturated rings. The molecule has 2 rings (SSSR count). The van der Waals surface area contributed by atoms with Crippen LogP contribution in [-0.2, 0) is 10.0 Å². The molecule has 0 unspecified atom stereocenters. The van der Waals surface area contributed by atoms with Gasteiger partial charge in [0.2, 0.25) is 15.8 Å². The van der Waals surface area contributed by atoms with Crippen molar-refractivity contribution in [3.63, 3.8) is 0 Å². The summed E-state index contributed by atoms with van der Waals surface area (Å²) in [4.78, 5) is 9.43. The van der Waals surface area contributed by atoms with Crippen molar-refractivity contribution < 1.29 is 17.7 Å². The van der Waals surface area contributed by atoms with Crippen molar-refractivity contribution in [3.8, 4) is 0 Å². The SMILES string of the molecule is Cc1cc(S(=O)(=O)NC2CC2)cc([N+](=O)[O-])c1F. The van der Waals surface area contributed by atoms with Gasteiger partial charge in [-0.05, 0) is 31.4 Å². The van der Waals surface area contributed by atoms with Gasteiger partial charge >= 0.3 is 5.69 Å². The number of hydrogen-bond donors (Lipinski definition) is 1. The Morgan fingerprint density at radius 2 is 2.06 bits per heavy atom. The highest BCUT2D eigenvalue weighted by Crippen LogP contribution is 2.27. The number of benzene rings is 1.